The van der Waals surface area contributed by atoms with Crippen molar-refractivity contribution in [1.82, 2.24) is 25.1 Å². The highest BCUT2D eigenvalue weighted by Crippen LogP contribution is 2.41. The van der Waals surface area contributed by atoms with Crippen molar-refractivity contribution >= 4 is 11.0 Å². The summed E-state index contributed by atoms with van der Waals surface area (Å²) in [7, 11) is 0. The maximum absolute atomic E-state index is 6.23. The van der Waals surface area contributed by atoms with Gasteiger partial charge in [0.15, 0.2) is 0 Å². The largest absolute Gasteiger partial charge is 0.488 e. The number of morpholine rings is 1. The zero-order chi connectivity index (χ0) is 19.1. The van der Waals surface area contributed by atoms with Gasteiger partial charge in [0.2, 0.25) is 0 Å². The van der Waals surface area contributed by atoms with Gasteiger partial charge in [0.05, 0.1) is 17.3 Å². The number of ether oxygens (including phenoxy) is 2. The number of rotatable bonds is 5. The van der Waals surface area contributed by atoms with Crippen molar-refractivity contribution in [1.29, 1.82) is 0 Å². The molecule has 2 aliphatic rings. The van der Waals surface area contributed by atoms with Crippen LogP contribution in [0.4, 0.5) is 0 Å². The Morgan fingerprint density at radius 1 is 1.25 bits per heavy atom. The number of benzene rings is 1. The van der Waals surface area contributed by atoms with E-state index < -0.39 is 0 Å². The van der Waals surface area contributed by atoms with Crippen molar-refractivity contribution < 1.29 is 9.47 Å². The van der Waals surface area contributed by atoms with E-state index >= 15 is 0 Å². The summed E-state index contributed by atoms with van der Waals surface area (Å²) in [5.41, 5.74) is 3.71. The lowest BCUT2D eigenvalue weighted by Crippen LogP contribution is -2.48. The van der Waals surface area contributed by atoms with E-state index in [4.69, 9.17) is 9.47 Å². The minimum atomic E-state index is 0.0512. The Kier molecular flexibility index (Phi) is 4.29. The summed E-state index contributed by atoms with van der Waals surface area (Å²) in [4.78, 5) is 8.97. The molecule has 3 aromatic rings. The van der Waals surface area contributed by atoms with E-state index in [-0.39, 0.29) is 11.7 Å². The molecule has 1 aliphatic heterocycles. The second-order valence-electron chi connectivity index (χ2n) is 8.07. The lowest BCUT2D eigenvalue weighted by Gasteiger charge is -2.31. The molecule has 1 aromatic carbocycles. The molecule has 1 atom stereocenters. The Balaban J connectivity index is 1.43. The topological polar surface area (TPSA) is 74.1 Å². The van der Waals surface area contributed by atoms with Gasteiger partial charge in [0.1, 0.15) is 24.0 Å². The molecule has 1 aliphatic carbocycles. The first-order chi connectivity index (χ1) is 13.6. The first-order valence-corrected chi connectivity index (χ1v) is 9.93. The maximum atomic E-state index is 6.23. The molecule has 5 rings (SSSR count). The van der Waals surface area contributed by atoms with Crippen LogP contribution in [0, 0.1) is 0 Å². The zero-order valence-electron chi connectivity index (χ0n) is 16.3. The smallest absolute Gasteiger partial charge is 0.147 e. The maximum Gasteiger partial charge on any atom is 0.147 e. The molecule has 28 heavy (non-hydrogen) atoms. The summed E-state index contributed by atoms with van der Waals surface area (Å²) in [6, 6.07) is 4.38. The number of hydrogen-bond acceptors (Lipinski definition) is 6. The van der Waals surface area contributed by atoms with E-state index in [2.05, 4.69) is 40.4 Å². The molecule has 1 saturated carbocycles. The first-order valence-electron chi connectivity index (χ1n) is 9.93. The molecule has 2 aromatic heterocycles. The molecule has 7 nitrogen and oxygen atoms in total. The first kappa shape index (κ1) is 17.6. The molecule has 1 N–H and O–H groups in total. The zero-order valence-corrected chi connectivity index (χ0v) is 16.3. The van der Waals surface area contributed by atoms with Gasteiger partial charge in [-0.3, -0.25) is 9.67 Å². The van der Waals surface area contributed by atoms with E-state index in [0.29, 0.717) is 12.6 Å². The van der Waals surface area contributed by atoms with Crippen molar-refractivity contribution in [2.24, 2.45) is 0 Å². The van der Waals surface area contributed by atoms with E-state index in [1.54, 1.807) is 12.4 Å². The van der Waals surface area contributed by atoms with Gasteiger partial charge < -0.3 is 14.8 Å². The number of fused-ring (bicyclic) bond motifs is 1. The van der Waals surface area contributed by atoms with Crippen LogP contribution in [0.3, 0.4) is 0 Å². The van der Waals surface area contributed by atoms with Crippen LogP contribution in [0.15, 0.2) is 36.9 Å². The average Bonchev–Trinajstić information content (AvgIpc) is 3.25. The molecule has 2 fully saturated rings. The molecule has 1 spiro atoms. The number of aromatic nitrogens is 4. The molecular weight excluding hydrogens is 354 g/mol. The molecule has 3 heterocycles. The Hall–Kier alpha value is -2.51. The third-order valence-corrected chi connectivity index (χ3v) is 5.47. The van der Waals surface area contributed by atoms with Crippen molar-refractivity contribution in [2.75, 3.05) is 19.7 Å². The predicted octanol–water partition coefficient (Wildman–Crippen LogP) is 2.97. The van der Waals surface area contributed by atoms with Crippen LogP contribution in [0.25, 0.3) is 22.2 Å². The minimum absolute atomic E-state index is 0.0512. The second-order valence-corrected chi connectivity index (χ2v) is 8.07. The SMILES string of the molecule is CC(C)n1cc(-c2cc(OC[C@@H]3CNCC4(CC4)O3)c3nccnc3c2)cn1. The van der Waals surface area contributed by atoms with Crippen LogP contribution >= 0.6 is 0 Å². The van der Waals surface area contributed by atoms with Crippen molar-refractivity contribution in [3.05, 3.63) is 36.9 Å². The molecular formula is C21H25N5O2. The molecule has 7 heteroatoms. The fourth-order valence-corrected chi connectivity index (χ4v) is 3.70. The fourth-order valence-electron chi connectivity index (χ4n) is 3.70. The highest BCUT2D eigenvalue weighted by molar-refractivity contribution is 5.86. The Morgan fingerprint density at radius 2 is 2.11 bits per heavy atom. The highest BCUT2D eigenvalue weighted by Gasteiger charge is 2.47. The normalized spacial score (nSPS) is 20.8. The van der Waals surface area contributed by atoms with Crippen LogP contribution in [0.2, 0.25) is 0 Å². The van der Waals surface area contributed by atoms with Crippen LogP contribution in [-0.4, -0.2) is 51.1 Å². The highest BCUT2D eigenvalue weighted by atomic mass is 16.6. The summed E-state index contributed by atoms with van der Waals surface area (Å²) < 4.78 is 14.4. The Morgan fingerprint density at radius 3 is 2.89 bits per heavy atom. The van der Waals surface area contributed by atoms with Crippen LogP contribution in [-0.2, 0) is 4.74 Å². The van der Waals surface area contributed by atoms with Gasteiger partial charge in [-0.2, -0.15) is 5.10 Å². The standard InChI is InChI=1S/C21H25N5O2/c1-14(2)26-11-16(9-25-26)15-7-18-20(24-6-5-23-18)19(8-15)27-12-17-10-22-13-21(28-17)3-4-21/h5-9,11,14,17,22H,3-4,10,12-13H2,1-2H3/t17-/m0/s1. The Labute approximate surface area is 164 Å². The molecule has 1 saturated heterocycles. The summed E-state index contributed by atoms with van der Waals surface area (Å²) in [5.74, 6) is 0.733. The van der Waals surface area contributed by atoms with Crippen molar-refractivity contribution in [3.8, 4) is 16.9 Å². The van der Waals surface area contributed by atoms with Crippen LogP contribution in [0.5, 0.6) is 5.75 Å². The lowest BCUT2D eigenvalue weighted by atomic mass is 10.1. The lowest BCUT2D eigenvalue weighted by molar-refractivity contribution is -0.0711. The summed E-state index contributed by atoms with van der Waals surface area (Å²) >= 11 is 0. The quantitative estimate of drug-likeness (QED) is 0.735. The second kappa shape index (κ2) is 6.83. The third kappa shape index (κ3) is 3.36. The average molecular weight is 379 g/mol. The summed E-state index contributed by atoms with van der Waals surface area (Å²) in [6.07, 6.45) is 9.67. The minimum Gasteiger partial charge on any atom is -0.488 e. The van der Waals surface area contributed by atoms with Crippen LogP contribution < -0.4 is 10.1 Å². The monoisotopic (exact) mass is 379 g/mol. The number of nitrogens with one attached hydrogen (secondary N) is 1. The van der Waals surface area contributed by atoms with E-state index in [1.165, 1.54) is 0 Å². The predicted molar refractivity (Wildman–Crippen MR) is 106 cm³/mol. The third-order valence-electron chi connectivity index (χ3n) is 5.47. The van der Waals surface area contributed by atoms with Gasteiger partial charge in [0.25, 0.3) is 0 Å². The molecule has 0 amide bonds. The van der Waals surface area contributed by atoms with Crippen molar-refractivity contribution in [2.45, 2.75) is 44.4 Å². The van der Waals surface area contributed by atoms with Gasteiger partial charge in [-0.05, 0) is 44.4 Å². The van der Waals surface area contributed by atoms with E-state index in [1.807, 2.05) is 23.0 Å². The van der Waals surface area contributed by atoms with E-state index in [9.17, 15) is 0 Å². The fraction of sp³-hybridized carbons (Fsp3) is 0.476. The van der Waals surface area contributed by atoms with Gasteiger partial charge in [-0.25, -0.2) is 4.98 Å². The summed E-state index contributed by atoms with van der Waals surface area (Å²) in [6.45, 7) is 6.48. The van der Waals surface area contributed by atoms with Gasteiger partial charge in [-0.1, -0.05) is 0 Å². The number of nitrogens with zero attached hydrogens (tertiary/aromatic N) is 4. The summed E-state index contributed by atoms with van der Waals surface area (Å²) in [5, 5.41) is 7.92. The van der Waals surface area contributed by atoms with Crippen LogP contribution in [0.1, 0.15) is 32.7 Å². The van der Waals surface area contributed by atoms with Gasteiger partial charge in [-0.15, -0.1) is 0 Å². The van der Waals surface area contributed by atoms with Gasteiger partial charge >= 0.3 is 0 Å². The van der Waals surface area contributed by atoms with Crippen molar-refractivity contribution in [3.63, 3.8) is 0 Å². The molecule has 0 unspecified atom stereocenters. The molecule has 146 valence electrons. The van der Waals surface area contributed by atoms with E-state index in [0.717, 1.165) is 53.8 Å². The van der Waals surface area contributed by atoms with Gasteiger partial charge in [0, 0.05) is 43.3 Å². The number of hydrogen-bond donors (Lipinski definition) is 1. The molecule has 0 bridgehead atoms. The Bertz CT molecular complexity index is 995. The molecule has 0 radical (unpaired) electrons.